The van der Waals surface area contributed by atoms with E-state index in [9.17, 15) is 4.39 Å². The highest BCUT2D eigenvalue weighted by Crippen LogP contribution is 2.36. The molecule has 0 radical (unpaired) electrons. The van der Waals surface area contributed by atoms with Crippen LogP contribution >= 0.6 is 0 Å². The molecule has 2 heterocycles. The number of benzene rings is 3. The summed E-state index contributed by atoms with van der Waals surface area (Å²) >= 11 is 0. The number of anilines is 2. The van der Waals surface area contributed by atoms with E-state index in [1.165, 1.54) is 55.6 Å². The van der Waals surface area contributed by atoms with Gasteiger partial charge in [-0.25, -0.2) is 4.39 Å². The maximum Gasteiger partial charge on any atom is 0.123 e. The molecule has 0 aromatic heterocycles. The molecular weight excluding hydrogens is 371 g/mol. The van der Waals surface area contributed by atoms with Gasteiger partial charge in [0.05, 0.1) is 6.04 Å². The normalized spacial score (nSPS) is 18.3. The van der Waals surface area contributed by atoms with Crippen LogP contribution in [0.15, 0.2) is 78.9 Å². The molecule has 0 aliphatic carbocycles. The second-order valence-corrected chi connectivity index (χ2v) is 8.27. The Morgan fingerprint density at radius 2 is 1.37 bits per heavy atom. The Morgan fingerprint density at radius 3 is 2.03 bits per heavy atom. The van der Waals surface area contributed by atoms with E-state index in [1.807, 2.05) is 12.1 Å². The van der Waals surface area contributed by atoms with Gasteiger partial charge in [-0.05, 0) is 74.6 Å². The second kappa shape index (κ2) is 9.80. The molecule has 2 fully saturated rings. The van der Waals surface area contributed by atoms with Crippen molar-refractivity contribution in [3.8, 4) is 0 Å². The summed E-state index contributed by atoms with van der Waals surface area (Å²) in [5, 5.41) is 0. The molecule has 0 spiro atoms. The van der Waals surface area contributed by atoms with E-state index < -0.39 is 0 Å². The summed E-state index contributed by atoms with van der Waals surface area (Å²) in [4.78, 5) is 4.82. The first kappa shape index (κ1) is 20.5. The fraction of sp³-hybridized carbons (Fsp3) is 0.333. The first-order valence-electron chi connectivity index (χ1n) is 11.1. The molecule has 2 saturated heterocycles. The molecule has 156 valence electrons. The Kier molecular flexibility index (Phi) is 6.68. The molecule has 3 heteroatoms. The molecule has 5 rings (SSSR count). The lowest BCUT2D eigenvalue weighted by Gasteiger charge is -2.27. The van der Waals surface area contributed by atoms with Crippen LogP contribution in [0.25, 0.3) is 0 Å². The maximum atomic E-state index is 13.0. The third-order valence-electron chi connectivity index (χ3n) is 6.10. The third kappa shape index (κ3) is 5.02. The van der Waals surface area contributed by atoms with Gasteiger partial charge in [-0.1, -0.05) is 48.0 Å². The van der Waals surface area contributed by atoms with Crippen LogP contribution in [0.2, 0.25) is 0 Å². The van der Waals surface area contributed by atoms with Crippen molar-refractivity contribution in [3.05, 3.63) is 95.8 Å². The first-order chi connectivity index (χ1) is 14.7. The zero-order valence-electron chi connectivity index (χ0n) is 17.8. The topological polar surface area (TPSA) is 6.48 Å². The maximum absolute atomic E-state index is 13.0. The van der Waals surface area contributed by atoms with Crippen LogP contribution in [0.4, 0.5) is 15.8 Å². The van der Waals surface area contributed by atoms with Crippen molar-refractivity contribution in [1.82, 2.24) is 0 Å². The number of hydrogen-bond donors (Lipinski definition) is 0. The predicted octanol–water partition coefficient (Wildman–Crippen LogP) is 6.76. The summed E-state index contributed by atoms with van der Waals surface area (Å²) in [7, 11) is 0. The largest absolute Gasteiger partial charge is 0.372 e. The van der Waals surface area contributed by atoms with Crippen molar-refractivity contribution in [2.24, 2.45) is 0 Å². The number of halogens is 1. The van der Waals surface area contributed by atoms with Crippen LogP contribution in [0.1, 0.15) is 42.9 Å². The molecular formula is C27H31FN2. The molecule has 3 aromatic carbocycles. The molecule has 2 aliphatic heterocycles. The monoisotopic (exact) mass is 402 g/mol. The Bertz CT molecular complexity index is 848. The standard InChI is InChI=1S/C17H18FN.C10H13N/c1-13-4-6-14(7-5-13)17-3-2-12-19(17)16-10-8-15(18)9-11-16;1-2-6-10(7-3-1)11-8-4-5-9-11/h4-11,17H,2-3,12H2,1H3;1-3,6-7H,4-5,8-9H2. The summed E-state index contributed by atoms with van der Waals surface area (Å²) in [5.41, 5.74) is 5.14. The minimum Gasteiger partial charge on any atom is -0.372 e. The number of hydrogen-bond acceptors (Lipinski definition) is 2. The first-order valence-corrected chi connectivity index (χ1v) is 11.1. The second-order valence-electron chi connectivity index (χ2n) is 8.27. The van der Waals surface area contributed by atoms with Crippen LogP contribution in [0.3, 0.4) is 0 Å². The predicted molar refractivity (Wildman–Crippen MR) is 125 cm³/mol. The summed E-state index contributed by atoms with van der Waals surface area (Å²) in [6, 6.07) is 26.7. The number of para-hydroxylation sites is 1. The summed E-state index contributed by atoms with van der Waals surface area (Å²) < 4.78 is 13.0. The molecule has 2 aliphatic rings. The zero-order chi connectivity index (χ0) is 20.8. The van der Waals surface area contributed by atoms with Gasteiger partial charge >= 0.3 is 0 Å². The lowest BCUT2D eigenvalue weighted by Crippen LogP contribution is -2.22. The van der Waals surface area contributed by atoms with Gasteiger partial charge < -0.3 is 9.80 Å². The highest BCUT2D eigenvalue weighted by molar-refractivity contribution is 5.50. The van der Waals surface area contributed by atoms with E-state index in [0.717, 1.165) is 12.2 Å². The molecule has 30 heavy (non-hydrogen) atoms. The van der Waals surface area contributed by atoms with Crippen LogP contribution in [0.5, 0.6) is 0 Å². The van der Waals surface area contributed by atoms with E-state index in [4.69, 9.17) is 0 Å². The zero-order valence-corrected chi connectivity index (χ0v) is 17.8. The van der Waals surface area contributed by atoms with Crippen molar-refractivity contribution >= 4 is 11.4 Å². The Balaban J connectivity index is 0.000000168. The van der Waals surface area contributed by atoms with Gasteiger partial charge in [-0.2, -0.15) is 0 Å². The van der Waals surface area contributed by atoms with E-state index in [0.29, 0.717) is 6.04 Å². The molecule has 0 amide bonds. The van der Waals surface area contributed by atoms with Crippen LogP contribution in [0, 0.1) is 12.7 Å². The fourth-order valence-corrected chi connectivity index (χ4v) is 4.46. The third-order valence-corrected chi connectivity index (χ3v) is 6.10. The highest BCUT2D eigenvalue weighted by Gasteiger charge is 2.26. The van der Waals surface area contributed by atoms with Gasteiger partial charge in [0, 0.05) is 31.0 Å². The van der Waals surface area contributed by atoms with Gasteiger partial charge in [0.15, 0.2) is 0 Å². The molecule has 1 atom stereocenters. The lowest BCUT2D eigenvalue weighted by molar-refractivity contribution is 0.627. The van der Waals surface area contributed by atoms with Crippen LogP contribution in [-0.4, -0.2) is 19.6 Å². The summed E-state index contributed by atoms with van der Waals surface area (Å²) in [5.74, 6) is -0.171. The Hall–Kier alpha value is -2.81. The molecule has 3 aromatic rings. The van der Waals surface area contributed by atoms with Gasteiger partial charge in [0.2, 0.25) is 0 Å². The average Bonchev–Trinajstić information content (AvgIpc) is 3.49. The smallest absolute Gasteiger partial charge is 0.123 e. The van der Waals surface area contributed by atoms with E-state index in [-0.39, 0.29) is 5.82 Å². The number of nitrogens with zero attached hydrogens (tertiary/aromatic N) is 2. The van der Waals surface area contributed by atoms with Crippen molar-refractivity contribution in [2.45, 2.75) is 38.6 Å². The highest BCUT2D eigenvalue weighted by atomic mass is 19.1. The average molecular weight is 403 g/mol. The SMILES string of the molecule is Cc1ccc(C2CCCN2c2ccc(F)cc2)cc1.c1ccc(N2CCCC2)cc1. The van der Waals surface area contributed by atoms with Gasteiger partial charge in [-0.3, -0.25) is 0 Å². The molecule has 0 saturated carbocycles. The van der Waals surface area contributed by atoms with Crippen molar-refractivity contribution < 1.29 is 4.39 Å². The van der Waals surface area contributed by atoms with Crippen molar-refractivity contribution in [3.63, 3.8) is 0 Å². The van der Waals surface area contributed by atoms with Crippen LogP contribution < -0.4 is 9.80 Å². The Labute approximate surface area is 180 Å². The van der Waals surface area contributed by atoms with Gasteiger partial charge in [0.1, 0.15) is 5.82 Å². The molecule has 0 bridgehead atoms. The summed E-state index contributed by atoms with van der Waals surface area (Å²) in [6.07, 6.45) is 5.07. The van der Waals surface area contributed by atoms with E-state index >= 15 is 0 Å². The summed E-state index contributed by atoms with van der Waals surface area (Å²) in [6.45, 7) is 5.63. The van der Waals surface area contributed by atoms with E-state index in [2.05, 4.69) is 71.3 Å². The number of aryl methyl sites for hydroxylation is 1. The minimum atomic E-state index is -0.171. The van der Waals surface area contributed by atoms with Crippen molar-refractivity contribution in [2.75, 3.05) is 29.4 Å². The molecule has 0 N–H and O–H groups in total. The van der Waals surface area contributed by atoms with Crippen molar-refractivity contribution in [1.29, 1.82) is 0 Å². The lowest BCUT2D eigenvalue weighted by atomic mass is 10.0. The fourth-order valence-electron chi connectivity index (χ4n) is 4.46. The Morgan fingerprint density at radius 1 is 0.700 bits per heavy atom. The molecule has 1 unspecified atom stereocenters. The van der Waals surface area contributed by atoms with Gasteiger partial charge in [-0.15, -0.1) is 0 Å². The molecule has 2 nitrogen and oxygen atoms in total. The van der Waals surface area contributed by atoms with Crippen LogP contribution in [-0.2, 0) is 0 Å². The number of rotatable bonds is 3. The van der Waals surface area contributed by atoms with E-state index in [1.54, 1.807) is 12.1 Å². The quantitative estimate of drug-likeness (QED) is 0.477. The minimum absolute atomic E-state index is 0.171. The van der Waals surface area contributed by atoms with Gasteiger partial charge in [0.25, 0.3) is 0 Å².